The van der Waals surface area contributed by atoms with Crippen molar-refractivity contribution in [2.45, 2.75) is 65.3 Å². The molecule has 1 aromatic carbocycles. The number of nitrogen functional groups attached to an aromatic ring is 1. The Labute approximate surface area is 223 Å². The smallest absolute Gasteiger partial charge is 0.326 e. The van der Waals surface area contributed by atoms with Crippen molar-refractivity contribution in [1.82, 2.24) is 29.7 Å². The van der Waals surface area contributed by atoms with Crippen molar-refractivity contribution in [3.8, 4) is 5.75 Å². The van der Waals surface area contributed by atoms with E-state index in [2.05, 4.69) is 25.1 Å². The van der Waals surface area contributed by atoms with Gasteiger partial charge in [-0.25, -0.2) is 25.1 Å². The number of esters is 1. The fraction of sp³-hybridized carbons (Fsp3) is 0.520. The van der Waals surface area contributed by atoms with E-state index in [9.17, 15) is 9.36 Å². The van der Waals surface area contributed by atoms with E-state index in [1.165, 1.54) is 6.33 Å². The van der Waals surface area contributed by atoms with Crippen LogP contribution in [-0.2, 0) is 25.4 Å². The summed E-state index contributed by atoms with van der Waals surface area (Å²) in [6, 6.07) is 7.08. The van der Waals surface area contributed by atoms with Gasteiger partial charge in [-0.15, -0.1) is 0 Å². The van der Waals surface area contributed by atoms with Crippen LogP contribution < -0.4 is 20.6 Å². The number of nitrogens with two attached hydrogens (primary N) is 1. The van der Waals surface area contributed by atoms with Crippen LogP contribution in [0, 0.1) is 0 Å². The fourth-order valence-electron chi connectivity index (χ4n) is 3.97. The van der Waals surface area contributed by atoms with Crippen molar-refractivity contribution in [2.24, 2.45) is 0 Å². The normalized spacial score (nSPS) is 15.1. The van der Waals surface area contributed by atoms with Crippen molar-refractivity contribution in [1.29, 1.82) is 0 Å². The summed E-state index contributed by atoms with van der Waals surface area (Å²) < 4.78 is 33.0. The molecule has 0 bridgehead atoms. The predicted octanol–water partition coefficient (Wildman–Crippen LogP) is 3.65. The lowest BCUT2D eigenvalue weighted by atomic mass is 10.1. The lowest BCUT2D eigenvalue weighted by Crippen LogP contribution is -2.49. The number of fused-ring (bicyclic) bond motifs is 1. The lowest BCUT2D eigenvalue weighted by Gasteiger charge is -2.33. The standard InChI is InChI=1S/C25H38N7O5P/c1-7-12-36-24(33)25(4,5)31-38(34,30-18(3)19-10-8-9-11-20(19)35-6)16-37-17(2)13-32-15-29-21-22(26)27-14-28-23(21)32/h8-11,14-15,17-18H,7,12-13,16H2,1-6H3,(H2,26,27,28)(H2,30,31,34)/t17-,18-,38-/m1/s1. The summed E-state index contributed by atoms with van der Waals surface area (Å²) in [5.41, 5.74) is 6.55. The van der Waals surface area contributed by atoms with E-state index in [0.717, 1.165) is 5.56 Å². The maximum absolute atomic E-state index is 14.3. The molecule has 0 aliphatic carbocycles. The first-order valence-electron chi connectivity index (χ1n) is 12.5. The molecule has 0 aliphatic rings. The van der Waals surface area contributed by atoms with E-state index in [1.807, 2.05) is 45.0 Å². The van der Waals surface area contributed by atoms with Crippen LogP contribution in [0.5, 0.6) is 5.75 Å². The lowest BCUT2D eigenvalue weighted by molar-refractivity contribution is -0.149. The fourth-order valence-corrected chi connectivity index (χ4v) is 6.40. The van der Waals surface area contributed by atoms with Gasteiger partial charge in [0.2, 0.25) is 7.44 Å². The second kappa shape index (κ2) is 12.7. The van der Waals surface area contributed by atoms with Crippen LogP contribution in [0.4, 0.5) is 5.82 Å². The average Bonchev–Trinajstić information content (AvgIpc) is 3.29. The van der Waals surface area contributed by atoms with E-state index in [1.54, 1.807) is 31.9 Å². The number of imidazole rings is 1. The molecule has 12 nitrogen and oxygen atoms in total. The summed E-state index contributed by atoms with van der Waals surface area (Å²) in [4.78, 5) is 25.2. The molecule has 0 amide bonds. The summed E-state index contributed by atoms with van der Waals surface area (Å²) >= 11 is 0. The Hall–Kier alpha value is -3.05. The molecule has 0 aliphatic heterocycles. The Morgan fingerprint density at radius 3 is 2.66 bits per heavy atom. The Balaban J connectivity index is 1.79. The van der Waals surface area contributed by atoms with Gasteiger partial charge in [-0.3, -0.25) is 9.36 Å². The number of aromatic nitrogens is 4. The molecular formula is C25H38N7O5P. The monoisotopic (exact) mass is 547 g/mol. The van der Waals surface area contributed by atoms with Crippen LogP contribution in [0.25, 0.3) is 11.2 Å². The van der Waals surface area contributed by atoms with E-state index >= 15 is 0 Å². The second-order valence-electron chi connectivity index (χ2n) is 9.64. The Morgan fingerprint density at radius 1 is 1.21 bits per heavy atom. The number of hydrogen-bond acceptors (Lipinski definition) is 9. The van der Waals surface area contributed by atoms with Gasteiger partial charge in [-0.05, 0) is 40.2 Å². The first kappa shape index (κ1) is 29.5. The maximum Gasteiger partial charge on any atom is 0.326 e. The molecule has 208 valence electrons. The summed E-state index contributed by atoms with van der Waals surface area (Å²) in [5.74, 6) is 0.451. The molecule has 3 atom stereocenters. The van der Waals surface area contributed by atoms with Crippen molar-refractivity contribution < 1.29 is 23.6 Å². The van der Waals surface area contributed by atoms with Crippen molar-refractivity contribution in [2.75, 3.05) is 25.8 Å². The molecule has 38 heavy (non-hydrogen) atoms. The molecule has 0 radical (unpaired) electrons. The molecule has 0 spiro atoms. The van der Waals surface area contributed by atoms with E-state index in [0.29, 0.717) is 35.7 Å². The van der Waals surface area contributed by atoms with Gasteiger partial charge in [-0.2, -0.15) is 0 Å². The predicted molar refractivity (Wildman–Crippen MR) is 146 cm³/mol. The Kier molecular flexibility index (Phi) is 9.83. The SMILES string of the molecule is CCCOC(=O)C(C)(C)N[P@@](=O)(CO[C@H](C)Cn1cnc2c(N)ncnc21)N[C@H](C)c1ccccc1OC. The number of rotatable bonds is 14. The molecular weight excluding hydrogens is 509 g/mol. The third-order valence-electron chi connectivity index (χ3n) is 5.84. The maximum atomic E-state index is 14.3. The number of nitrogens with one attached hydrogen (secondary N) is 2. The van der Waals surface area contributed by atoms with Crippen LogP contribution in [0.2, 0.25) is 0 Å². The molecule has 2 heterocycles. The van der Waals surface area contributed by atoms with Gasteiger partial charge in [0.15, 0.2) is 11.5 Å². The second-order valence-corrected chi connectivity index (χ2v) is 11.9. The quantitative estimate of drug-likeness (QED) is 0.200. The molecule has 3 aromatic rings. The van der Waals surface area contributed by atoms with Crippen LogP contribution in [0.1, 0.15) is 52.6 Å². The highest BCUT2D eigenvalue weighted by Gasteiger charge is 2.38. The van der Waals surface area contributed by atoms with Gasteiger partial charge in [0.05, 0.1) is 32.7 Å². The van der Waals surface area contributed by atoms with E-state index in [4.69, 9.17) is 19.9 Å². The van der Waals surface area contributed by atoms with E-state index in [-0.39, 0.29) is 25.1 Å². The number of ether oxygens (including phenoxy) is 3. The first-order chi connectivity index (χ1) is 18.0. The summed E-state index contributed by atoms with van der Waals surface area (Å²) in [7, 11) is -1.95. The topological polar surface area (TPSA) is 156 Å². The largest absolute Gasteiger partial charge is 0.496 e. The zero-order valence-electron chi connectivity index (χ0n) is 22.8. The van der Waals surface area contributed by atoms with E-state index < -0.39 is 19.0 Å². The molecule has 4 N–H and O–H groups in total. The first-order valence-corrected chi connectivity index (χ1v) is 14.4. The van der Waals surface area contributed by atoms with Gasteiger partial charge in [0.1, 0.15) is 29.5 Å². The Bertz CT molecular complexity index is 1280. The summed E-state index contributed by atoms with van der Waals surface area (Å²) in [5, 5.41) is 6.19. The molecule has 2 aromatic heterocycles. The molecule has 0 saturated heterocycles. The number of nitrogens with zero attached hydrogens (tertiary/aromatic N) is 4. The van der Waals surface area contributed by atoms with Gasteiger partial charge >= 0.3 is 5.97 Å². The minimum absolute atomic E-state index is 0.193. The number of hydrogen-bond donors (Lipinski definition) is 3. The molecule has 13 heteroatoms. The van der Waals surface area contributed by atoms with Crippen molar-refractivity contribution in [3.63, 3.8) is 0 Å². The Morgan fingerprint density at radius 2 is 1.95 bits per heavy atom. The summed E-state index contributed by atoms with van der Waals surface area (Å²) in [6.07, 6.45) is 3.10. The minimum Gasteiger partial charge on any atom is -0.496 e. The molecule has 0 saturated carbocycles. The number of para-hydroxylation sites is 1. The van der Waals surface area contributed by atoms with Gasteiger partial charge in [-0.1, -0.05) is 25.1 Å². The van der Waals surface area contributed by atoms with Gasteiger partial charge in [0.25, 0.3) is 0 Å². The zero-order valence-corrected chi connectivity index (χ0v) is 23.7. The number of benzene rings is 1. The molecule has 3 rings (SSSR count). The van der Waals surface area contributed by atoms with Crippen LogP contribution in [-0.4, -0.2) is 57.2 Å². The average molecular weight is 548 g/mol. The van der Waals surface area contributed by atoms with Crippen molar-refractivity contribution in [3.05, 3.63) is 42.5 Å². The van der Waals surface area contributed by atoms with Crippen LogP contribution in [0.3, 0.4) is 0 Å². The zero-order chi connectivity index (χ0) is 27.9. The van der Waals surface area contributed by atoms with Gasteiger partial charge in [0, 0.05) is 11.6 Å². The van der Waals surface area contributed by atoms with Crippen LogP contribution >= 0.6 is 7.44 Å². The number of methoxy groups -OCH3 is 1. The van der Waals surface area contributed by atoms with Crippen LogP contribution in [0.15, 0.2) is 36.9 Å². The third-order valence-corrected chi connectivity index (χ3v) is 8.08. The third kappa shape index (κ3) is 7.28. The highest BCUT2D eigenvalue weighted by molar-refractivity contribution is 7.59. The van der Waals surface area contributed by atoms with Gasteiger partial charge < -0.3 is 24.5 Å². The van der Waals surface area contributed by atoms with Crippen molar-refractivity contribution >= 4 is 30.4 Å². The highest BCUT2D eigenvalue weighted by Crippen LogP contribution is 2.43. The summed E-state index contributed by atoms with van der Waals surface area (Å²) in [6.45, 7) is 9.58. The molecule has 0 unspecified atom stereocenters. The highest BCUT2D eigenvalue weighted by atomic mass is 31.2. The number of carbonyl (C=O) groups is 1. The minimum atomic E-state index is -3.53. The number of carbonyl (C=O) groups excluding carboxylic acids is 1. The molecule has 0 fully saturated rings. The number of anilines is 1.